The summed E-state index contributed by atoms with van der Waals surface area (Å²) in [4.78, 5) is 25.6. The van der Waals surface area contributed by atoms with Gasteiger partial charge in [0.2, 0.25) is 5.91 Å². The Kier molecular flexibility index (Phi) is 7.34. The van der Waals surface area contributed by atoms with E-state index in [1.54, 1.807) is 35.2 Å². The van der Waals surface area contributed by atoms with Crippen molar-refractivity contribution in [2.75, 3.05) is 16.8 Å². The van der Waals surface area contributed by atoms with Gasteiger partial charge in [-0.25, -0.2) is 0 Å². The predicted octanol–water partition coefficient (Wildman–Crippen LogP) is 6.01. The molecule has 0 radical (unpaired) electrons. The number of carbonyl (C=O) groups is 2. The van der Waals surface area contributed by atoms with E-state index in [4.69, 9.17) is 5.11 Å². The first kappa shape index (κ1) is 24.6. The highest BCUT2D eigenvalue weighted by Gasteiger charge is 2.36. The van der Waals surface area contributed by atoms with Gasteiger partial charge in [-0.3, -0.25) is 9.59 Å². The van der Waals surface area contributed by atoms with Gasteiger partial charge >= 0.3 is 12.1 Å². The van der Waals surface area contributed by atoms with E-state index < -0.39 is 23.8 Å². The topological polar surface area (TPSA) is 69.6 Å². The minimum Gasteiger partial charge on any atom is -0.481 e. The van der Waals surface area contributed by atoms with E-state index in [-0.39, 0.29) is 29.9 Å². The first-order chi connectivity index (χ1) is 15.5. The fourth-order valence-corrected chi connectivity index (χ4v) is 4.10. The summed E-state index contributed by atoms with van der Waals surface area (Å²) in [6.07, 6.45) is -3.45. The lowest BCUT2D eigenvalue weighted by molar-refractivity contribution is -0.138. The molecule has 0 unspecified atom stereocenters. The van der Waals surface area contributed by atoms with E-state index in [1.807, 2.05) is 20.8 Å². The van der Waals surface area contributed by atoms with Crippen LogP contribution in [0, 0.1) is 0 Å². The number of carboxylic acid groups (broad SMARTS) is 1. The Hall–Kier alpha value is -3.03. The maximum absolute atomic E-state index is 13.7. The molecule has 0 saturated carbocycles. The monoisotopic (exact) mass is 462 g/mol. The second-order valence-corrected chi connectivity index (χ2v) is 8.88. The van der Waals surface area contributed by atoms with Crippen molar-refractivity contribution in [1.29, 1.82) is 0 Å². The van der Waals surface area contributed by atoms with E-state index in [1.165, 1.54) is 6.07 Å². The quantitative estimate of drug-likeness (QED) is 0.528. The number of nitrogens with one attached hydrogen (secondary N) is 1. The average molecular weight is 463 g/mol. The van der Waals surface area contributed by atoms with Crippen LogP contribution in [0.1, 0.15) is 68.6 Å². The minimum absolute atomic E-state index is 0.00508. The number of carbonyl (C=O) groups excluding carboxylic acids is 1. The number of halogens is 3. The predicted molar refractivity (Wildman–Crippen MR) is 122 cm³/mol. The lowest BCUT2D eigenvalue weighted by atomic mass is 9.96. The van der Waals surface area contributed by atoms with Crippen LogP contribution in [0.3, 0.4) is 0 Å². The number of benzene rings is 2. The zero-order valence-electron chi connectivity index (χ0n) is 18.9. The van der Waals surface area contributed by atoms with Crippen LogP contribution in [0.25, 0.3) is 0 Å². The highest BCUT2D eigenvalue weighted by molar-refractivity contribution is 5.99. The molecule has 2 atom stereocenters. The van der Waals surface area contributed by atoms with E-state index >= 15 is 0 Å². The number of nitrogens with zero attached hydrogens (tertiary/aromatic N) is 1. The van der Waals surface area contributed by atoms with Gasteiger partial charge in [0.1, 0.15) is 6.04 Å². The second kappa shape index (κ2) is 9.85. The van der Waals surface area contributed by atoms with Crippen molar-refractivity contribution in [3.05, 3.63) is 59.2 Å². The lowest BCUT2D eigenvalue weighted by Crippen LogP contribution is -2.48. The molecule has 1 aliphatic heterocycles. The van der Waals surface area contributed by atoms with Crippen LogP contribution >= 0.6 is 0 Å². The third-order valence-electron chi connectivity index (χ3n) is 6.04. The summed E-state index contributed by atoms with van der Waals surface area (Å²) in [6, 6.07) is 10.5. The molecule has 2 N–H and O–H groups in total. The smallest absolute Gasteiger partial charge is 0.418 e. The summed E-state index contributed by atoms with van der Waals surface area (Å²) < 4.78 is 41.1. The minimum atomic E-state index is -4.53. The summed E-state index contributed by atoms with van der Waals surface area (Å²) in [5.41, 5.74) is 1.21. The van der Waals surface area contributed by atoms with Crippen molar-refractivity contribution < 1.29 is 27.9 Å². The van der Waals surface area contributed by atoms with Crippen LogP contribution in [-0.4, -0.2) is 29.6 Å². The molecule has 1 amide bonds. The summed E-state index contributed by atoms with van der Waals surface area (Å²) >= 11 is 0. The molecule has 8 heteroatoms. The zero-order valence-corrected chi connectivity index (χ0v) is 18.9. The van der Waals surface area contributed by atoms with Gasteiger partial charge in [0.25, 0.3) is 0 Å². The molecule has 2 aromatic carbocycles. The SMILES string of the molecule is CC(C)c1ccc(N[C@H]2CCCN(c3ccc([C@@H](C)CC(=O)O)cc3)C2=O)c(C(F)(F)F)c1. The number of rotatable bonds is 7. The van der Waals surface area contributed by atoms with Gasteiger partial charge in [0.15, 0.2) is 0 Å². The van der Waals surface area contributed by atoms with Crippen molar-refractivity contribution in [2.45, 2.75) is 64.1 Å². The lowest BCUT2D eigenvalue weighted by Gasteiger charge is -2.34. The van der Waals surface area contributed by atoms with E-state index in [0.29, 0.717) is 30.6 Å². The Morgan fingerprint density at radius 1 is 1.12 bits per heavy atom. The van der Waals surface area contributed by atoms with Gasteiger partial charge in [-0.05, 0) is 60.1 Å². The molecule has 1 saturated heterocycles. The summed E-state index contributed by atoms with van der Waals surface area (Å²) in [5.74, 6) is -1.38. The molecule has 1 fully saturated rings. The number of piperidine rings is 1. The molecule has 0 bridgehead atoms. The Morgan fingerprint density at radius 2 is 1.76 bits per heavy atom. The Bertz CT molecular complexity index is 1000. The number of hydrogen-bond acceptors (Lipinski definition) is 3. The maximum Gasteiger partial charge on any atom is 0.418 e. The molecule has 2 aromatic rings. The number of amides is 1. The molecular formula is C25H29F3N2O3. The summed E-state index contributed by atoms with van der Waals surface area (Å²) in [7, 11) is 0. The standard InChI is InChI=1S/C25H29F3N2O3/c1-15(2)18-8-11-21(20(14-18)25(26,27)28)29-22-5-4-12-30(24(22)33)19-9-6-17(7-10-19)16(3)13-23(31)32/h6-11,14-16,22,29H,4-5,12-13H2,1-3H3,(H,31,32)/t16-,22-/m0/s1. The normalized spacial score (nSPS) is 17.8. The Morgan fingerprint density at radius 3 is 2.33 bits per heavy atom. The van der Waals surface area contributed by atoms with Crippen LogP contribution in [0.4, 0.5) is 24.5 Å². The maximum atomic E-state index is 13.7. The molecule has 0 spiro atoms. The summed E-state index contributed by atoms with van der Waals surface area (Å²) in [5, 5.41) is 11.8. The molecule has 5 nitrogen and oxygen atoms in total. The molecule has 0 aromatic heterocycles. The van der Waals surface area contributed by atoms with Crippen molar-refractivity contribution in [3.8, 4) is 0 Å². The number of carboxylic acids is 1. The van der Waals surface area contributed by atoms with Crippen molar-refractivity contribution in [1.82, 2.24) is 0 Å². The highest BCUT2D eigenvalue weighted by Crippen LogP contribution is 2.37. The molecular weight excluding hydrogens is 433 g/mol. The molecule has 1 heterocycles. The first-order valence-corrected chi connectivity index (χ1v) is 11.1. The van der Waals surface area contributed by atoms with Crippen LogP contribution in [-0.2, 0) is 15.8 Å². The largest absolute Gasteiger partial charge is 0.481 e. The van der Waals surface area contributed by atoms with Crippen LogP contribution in [0.5, 0.6) is 0 Å². The Labute approximate surface area is 191 Å². The molecule has 0 aliphatic carbocycles. The van der Waals surface area contributed by atoms with Crippen molar-refractivity contribution in [2.24, 2.45) is 0 Å². The van der Waals surface area contributed by atoms with Gasteiger partial charge in [-0.2, -0.15) is 13.2 Å². The highest BCUT2D eigenvalue weighted by atomic mass is 19.4. The van der Waals surface area contributed by atoms with Gasteiger partial charge < -0.3 is 15.3 Å². The Balaban J connectivity index is 1.80. The average Bonchev–Trinajstić information content (AvgIpc) is 2.74. The van der Waals surface area contributed by atoms with Crippen molar-refractivity contribution in [3.63, 3.8) is 0 Å². The molecule has 3 rings (SSSR count). The fraction of sp³-hybridized carbons (Fsp3) is 0.440. The molecule has 33 heavy (non-hydrogen) atoms. The number of alkyl halides is 3. The second-order valence-electron chi connectivity index (χ2n) is 8.88. The van der Waals surface area contributed by atoms with Gasteiger partial charge in [0, 0.05) is 17.9 Å². The van der Waals surface area contributed by atoms with Crippen LogP contribution < -0.4 is 10.2 Å². The fourth-order valence-electron chi connectivity index (χ4n) is 4.10. The third kappa shape index (κ3) is 5.86. The van der Waals surface area contributed by atoms with Gasteiger partial charge in [0.05, 0.1) is 12.0 Å². The number of hydrogen-bond donors (Lipinski definition) is 2. The van der Waals surface area contributed by atoms with Crippen LogP contribution in [0.2, 0.25) is 0 Å². The number of anilines is 2. The summed E-state index contributed by atoms with van der Waals surface area (Å²) in [6.45, 7) is 5.95. The van der Waals surface area contributed by atoms with E-state index in [9.17, 15) is 22.8 Å². The van der Waals surface area contributed by atoms with Crippen molar-refractivity contribution >= 4 is 23.3 Å². The third-order valence-corrected chi connectivity index (χ3v) is 6.04. The van der Waals surface area contributed by atoms with E-state index in [2.05, 4.69) is 5.32 Å². The van der Waals surface area contributed by atoms with E-state index in [0.717, 1.165) is 11.6 Å². The number of aliphatic carboxylic acids is 1. The van der Waals surface area contributed by atoms with Crippen LogP contribution in [0.15, 0.2) is 42.5 Å². The van der Waals surface area contributed by atoms with Gasteiger partial charge in [-0.15, -0.1) is 0 Å². The first-order valence-electron chi connectivity index (χ1n) is 11.1. The molecule has 1 aliphatic rings. The molecule has 178 valence electrons. The van der Waals surface area contributed by atoms with Gasteiger partial charge in [-0.1, -0.05) is 39.0 Å². The zero-order chi connectivity index (χ0) is 24.3.